The number of ether oxygens (including phenoxy) is 1. The van der Waals surface area contributed by atoms with Crippen molar-refractivity contribution in [2.75, 3.05) is 13.2 Å². The van der Waals surface area contributed by atoms with Crippen molar-refractivity contribution in [3.8, 4) is 0 Å². The highest BCUT2D eigenvalue weighted by Crippen LogP contribution is 2.41. The van der Waals surface area contributed by atoms with Gasteiger partial charge in [-0.15, -0.1) is 0 Å². The van der Waals surface area contributed by atoms with Crippen LogP contribution in [0.4, 0.5) is 0 Å². The molecule has 1 aromatic rings. The van der Waals surface area contributed by atoms with Gasteiger partial charge >= 0.3 is 13.6 Å². The molecule has 5 nitrogen and oxygen atoms in total. The molecule has 6 heteroatoms. The number of esters is 1. The van der Waals surface area contributed by atoms with E-state index in [0.717, 1.165) is 0 Å². The highest BCUT2D eigenvalue weighted by atomic mass is 31.2. The average Bonchev–Trinajstić information content (AvgIpc) is 2.29. The Morgan fingerprint density at radius 1 is 1.29 bits per heavy atom. The second-order valence-electron chi connectivity index (χ2n) is 3.18. The minimum Gasteiger partial charge on any atom is -0.462 e. The molecular formula is C11H15O5P. The minimum atomic E-state index is -3.96. The first-order valence-electron chi connectivity index (χ1n) is 5.27. The zero-order valence-corrected chi connectivity index (χ0v) is 10.6. The summed E-state index contributed by atoms with van der Waals surface area (Å²) < 4.78 is 21.5. The van der Waals surface area contributed by atoms with Crippen LogP contribution in [0, 0.1) is 0 Å². The van der Waals surface area contributed by atoms with Crippen LogP contribution in [0.3, 0.4) is 0 Å². The first-order chi connectivity index (χ1) is 8.03. The normalized spacial score (nSPS) is 14.1. The van der Waals surface area contributed by atoms with Gasteiger partial charge in [0.05, 0.1) is 24.1 Å². The molecule has 0 aliphatic rings. The Bertz CT molecular complexity index is 443. The lowest BCUT2D eigenvalue weighted by Crippen LogP contribution is -2.19. The second-order valence-corrected chi connectivity index (χ2v) is 4.96. The van der Waals surface area contributed by atoms with Crippen molar-refractivity contribution in [1.29, 1.82) is 0 Å². The van der Waals surface area contributed by atoms with Gasteiger partial charge in [-0.1, -0.05) is 12.1 Å². The first-order valence-corrected chi connectivity index (χ1v) is 6.84. The predicted molar refractivity (Wildman–Crippen MR) is 63.5 cm³/mol. The number of rotatable bonds is 5. The molecule has 0 saturated carbocycles. The summed E-state index contributed by atoms with van der Waals surface area (Å²) in [6.07, 6.45) is 0. The molecule has 0 aliphatic carbocycles. The van der Waals surface area contributed by atoms with Crippen LogP contribution in [-0.4, -0.2) is 24.1 Å². The molecular weight excluding hydrogens is 243 g/mol. The van der Waals surface area contributed by atoms with Crippen LogP contribution < -0.4 is 5.30 Å². The minimum absolute atomic E-state index is 0.0275. The van der Waals surface area contributed by atoms with Crippen LogP contribution in [0.15, 0.2) is 24.3 Å². The third-order valence-electron chi connectivity index (χ3n) is 2.01. The number of hydrogen-bond donors (Lipinski definition) is 1. The van der Waals surface area contributed by atoms with E-state index in [2.05, 4.69) is 0 Å². The Kier molecular flexibility index (Phi) is 4.87. The summed E-state index contributed by atoms with van der Waals surface area (Å²) in [6.45, 7) is 3.57. The highest BCUT2D eigenvalue weighted by molar-refractivity contribution is 7.61. The third kappa shape index (κ3) is 3.40. The van der Waals surface area contributed by atoms with Crippen molar-refractivity contribution in [2.24, 2.45) is 0 Å². The fraction of sp³-hybridized carbons (Fsp3) is 0.364. The molecule has 0 saturated heterocycles. The van der Waals surface area contributed by atoms with E-state index < -0.39 is 13.6 Å². The maximum Gasteiger partial charge on any atom is 0.359 e. The molecule has 1 atom stereocenters. The number of carbonyl (C=O) groups excluding carboxylic acids is 1. The maximum absolute atomic E-state index is 11.9. The Hall–Kier alpha value is -1.16. The molecule has 0 heterocycles. The predicted octanol–water partition coefficient (Wildman–Crippen LogP) is 1.71. The van der Waals surface area contributed by atoms with Gasteiger partial charge in [-0.2, -0.15) is 0 Å². The van der Waals surface area contributed by atoms with E-state index in [1.54, 1.807) is 26.0 Å². The van der Waals surface area contributed by atoms with Crippen LogP contribution >= 0.6 is 7.60 Å². The van der Waals surface area contributed by atoms with Crippen LogP contribution in [0.25, 0.3) is 0 Å². The monoisotopic (exact) mass is 258 g/mol. The van der Waals surface area contributed by atoms with Crippen LogP contribution in [0.1, 0.15) is 24.2 Å². The zero-order chi connectivity index (χ0) is 12.9. The molecule has 17 heavy (non-hydrogen) atoms. The summed E-state index contributed by atoms with van der Waals surface area (Å²) in [6, 6.07) is 6.00. The Balaban J connectivity index is 3.16. The Labute approximate surface area is 99.9 Å². The van der Waals surface area contributed by atoms with Gasteiger partial charge in [0.2, 0.25) is 0 Å². The average molecular weight is 258 g/mol. The van der Waals surface area contributed by atoms with Gasteiger partial charge in [0.25, 0.3) is 0 Å². The van der Waals surface area contributed by atoms with E-state index in [1.807, 2.05) is 0 Å². The summed E-state index contributed by atoms with van der Waals surface area (Å²) in [5.41, 5.74) is 0.0635. The molecule has 0 spiro atoms. The van der Waals surface area contributed by atoms with Crippen LogP contribution in [-0.2, 0) is 13.8 Å². The smallest absolute Gasteiger partial charge is 0.359 e. The standard InChI is InChI=1S/C11H15O5P/c1-3-15-11(12)9-7-5-6-8-10(9)17(13,14)16-4-2/h5-8H,3-4H2,1-2H3,(H,13,14). The third-order valence-corrected chi connectivity index (χ3v) is 3.61. The van der Waals surface area contributed by atoms with Crippen molar-refractivity contribution < 1.29 is 23.5 Å². The van der Waals surface area contributed by atoms with E-state index >= 15 is 0 Å². The number of carbonyl (C=O) groups is 1. The molecule has 94 valence electrons. The van der Waals surface area contributed by atoms with E-state index in [1.165, 1.54) is 12.1 Å². The van der Waals surface area contributed by atoms with Crippen molar-refractivity contribution >= 4 is 18.9 Å². The first kappa shape index (κ1) is 13.9. The topological polar surface area (TPSA) is 72.8 Å². The molecule has 1 aromatic carbocycles. The van der Waals surface area contributed by atoms with Crippen molar-refractivity contribution in [1.82, 2.24) is 0 Å². The summed E-state index contributed by atoms with van der Waals surface area (Å²) in [4.78, 5) is 21.3. The van der Waals surface area contributed by atoms with Gasteiger partial charge in [0.1, 0.15) is 0 Å². The van der Waals surface area contributed by atoms with Gasteiger partial charge in [-0.25, -0.2) is 4.79 Å². The molecule has 0 amide bonds. The largest absolute Gasteiger partial charge is 0.462 e. The lowest BCUT2D eigenvalue weighted by molar-refractivity contribution is 0.0527. The van der Waals surface area contributed by atoms with Crippen molar-refractivity contribution in [2.45, 2.75) is 13.8 Å². The van der Waals surface area contributed by atoms with Gasteiger partial charge in [-0.05, 0) is 26.0 Å². The number of hydrogen-bond acceptors (Lipinski definition) is 4. The van der Waals surface area contributed by atoms with Gasteiger partial charge in [0, 0.05) is 0 Å². The number of benzene rings is 1. The molecule has 1 unspecified atom stereocenters. The van der Waals surface area contributed by atoms with Crippen molar-refractivity contribution in [3.63, 3.8) is 0 Å². The molecule has 0 radical (unpaired) electrons. The van der Waals surface area contributed by atoms with Gasteiger partial charge < -0.3 is 14.2 Å². The fourth-order valence-electron chi connectivity index (χ4n) is 1.35. The SMILES string of the molecule is CCOC(=O)c1ccccc1P(=O)(O)OCC. The van der Waals surface area contributed by atoms with E-state index in [9.17, 15) is 14.3 Å². The van der Waals surface area contributed by atoms with Crippen LogP contribution in [0.5, 0.6) is 0 Å². The van der Waals surface area contributed by atoms with Gasteiger partial charge in [0.15, 0.2) is 0 Å². The Morgan fingerprint density at radius 2 is 1.94 bits per heavy atom. The van der Waals surface area contributed by atoms with E-state index in [4.69, 9.17) is 9.26 Å². The lowest BCUT2D eigenvalue weighted by Gasteiger charge is -2.14. The molecule has 1 rings (SSSR count). The second kappa shape index (κ2) is 5.96. The summed E-state index contributed by atoms with van der Waals surface area (Å²) in [5.74, 6) is -0.628. The van der Waals surface area contributed by atoms with E-state index in [0.29, 0.717) is 0 Å². The maximum atomic E-state index is 11.9. The summed E-state index contributed by atoms with van der Waals surface area (Å²) >= 11 is 0. The summed E-state index contributed by atoms with van der Waals surface area (Å²) in [7, 11) is -3.96. The zero-order valence-electron chi connectivity index (χ0n) is 9.75. The lowest BCUT2D eigenvalue weighted by atomic mass is 10.2. The molecule has 0 aromatic heterocycles. The molecule has 0 aliphatic heterocycles. The summed E-state index contributed by atoms with van der Waals surface area (Å²) in [5, 5.41) is -0.0275. The van der Waals surface area contributed by atoms with Crippen molar-refractivity contribution in [3.05, 3.63) is 29.8 Å². The quantitative estimate of drug-likeness (QED) is 0.643. The molecule has 1 N–H and O–H groups in total. The molecule has 0 bridgehead atoms. The Morgan fingerprint density at radius 3 is 2.53 bits per heavy atom. The molecule has 0 fully saturated rings. The van der Waals surface area contributed by atoms with Gasteiger partial charge in [-0.3, -0.25) is 4.57 Å². The van der Waals surface area contributed by atoms with E-state index in [-0.39, 0.29) is 24.1 Å². The highest BCUT2D eigenvalue weighted by Gasteiger charge is 2.28. The van der Waals surface area contributed by atoms with Crippen LogP contribution in [0.2, 0.25) is 0 Å². The fourth-order valence-corrected chi connectivity index (χ4v) is 2.58.